The summed E-state index contributed by atoms with van der Waals surface area (Å²) in [6.07, 6.45) is 1.63. The fourth-order valence-electron chi connectivity index (χ4n) is 4.33. The maximum atomic E-state index is 13.2. The first kappa shape index (κ1) is 21.3. The molecule has 2 aromatic carbocycles. The zero-order chi connectivity index (χ0) is 21.6. The number of halogens is 1. The van der Waals surface area contributed by atoms with E-state index >= 15 is 0 Å². The highest BCUT2D eigenvalue weighted by Crippen LogP contribution is 2.19. The van der Waals surface area contributed by atoms with Gasteiger partial charge in [-0.1, -0.05) is 42.5 Å². The number of amides is 3. The van der Waals surface area contributed by atoms with Gasteiger partial charge >= 0.3 is 6.03 Å². The lowest BCUT2D eigenvalue weighted by Crippen LogP contribution is -2.59. The Morgan fingerprint density at radius 1 is 0.968 bits per heavy atom. The van der Waals surface area contributed by atoms with Crippen molar-refractivity contribution in [3.05, 3.63) is 71.5 Å². The minimum atomic E-state index is -0.323. The third kappa shape index (κ3) is 5.41. The fourth-order valence-corrected chi connectivity index (χ4v) is 4.33. The summed E-state index contributed by atoms with van der Waals surface area (Å²) in [5.74, 6) is -0.239. The molecule has 6 nitrogen and oxygen atoms in total. The van der Waals surface area contributed by atoms with Crippen LogP contribution in [0.15, 0.2) is 54.6 Å². The Morgan fingerprint density at radius 3 is 2.52 bits per heavy atom. The first-order chi connectivity index (χ1) is 15.1. The summed E-state index contributed by atoms with van der Waals surface area (Å²) >= 11 is 0. The lowest BCUT2D eigenvalue weighted by Gasteiger charge is -2.40. The van der Waals surface area contributed by atoms with E-state index in [1.165, 1.54) is 17.7 Å². The number of hydrogen-bond donors (Lipinski definition) is 1. The van der Waals surface area contributed by atoms with Crippen molar-refractivity contribution in [3.63, 3.8) is 0 Å². The molecule has 0 aromatic heterocycles. The summed E-state index contributed by atoms with van der Waals surface area (Å²) in [7, 11) is 0. The van der Waals surface area contributed by atoms with Crippen LogP contribution in [-0.4, -0.2) is 71.9 Å². The number of rotatable bonds is 5. The predicted octanol–water partition coefficient (Wildman–Crippen LogP) is 2.50. The number of urea groups is 1. The topological polar surface area (TPSA) is 55.9 Å². The number of carbonyl (C=O) groups is 2. The Morgan fingerprint density at radius 2 is 1.74 bits per heavy atom. The van der Waals surface area contributed by atoms with Gasteiger partial charge in [-0.2, -0.15) is 0 Å². The van der Waals surface area contributed by atoms with Gasteiger partial charge in [0.1, 0.15) is 11.9 Å². The minimum absolute atomic E-state index is 0.0413. The van der Waals surface area contributed by atoms with Crippen molar-refractivity contribution in [1.29, 1.82) is 0 Å². The van der Waals surface area contributed by atoms with Crippen LogP contribution in [0.1, 0.15) is 17.5 Å². The molecule has 4 rings (SSSR count). The van der Waals surface area contributed by atoms with Crippen molar-refractivity contribution in [1.82, 2.24) is 20.0 Å². The summed E-state index contributed by atoms with van der Waals surface area (Å²) in [6.45, 7) is 4.34. The Bertz CT molecular complexity index is 890. The maximum absolute atomic E-state index is 13.2. The van der Waals surface area contributed by atoms with Crippen LogP contribution in [0.5, 0.6) is 0 Å². The molecule has 2 fully saturated rings. The van der Waals surface area contributed by atoms with Crippen molar-refractivity contribution in [2.24, 2.45) is 0 Å². The molecule has 0 spiro atoms. The number of carbonyl (C=O) groups excluding carboxylic acids is 2. The molecule has 1 atom stereocenters. The second kappa shape index (κ2) is 9.92. The van der Waals surface area contributed by atoms with E-state index in [-0.39, 0.29) is 23.8 Å². The van der Waals surface area contributed by atoms with E-state index < -0.39 is 0 Å². The molecule has 2 saturated heterocycles. The van der Waals surface area contributed by atoms with Crippen LogP contribution in [0.25, 0.3) is 0 Å². The van der Waals surface area contributed by atoms with Gasteiger partial charge in [-0.05, 0) is 36.1 Å². The van der Waals surface area contributed by atoms with Gasteiger partial charge in [0.25, 0.3) is 0 Å². The SMILES string of the molecule is O=C(NCCc1ccccc1)N1CCCN2CCN(Cc3ccc(F)cc3)C(=O)C2C1. The van der Waals surface area contributed by atoms with Gasteiger partial charge in [-0.15, -0.1) is 0 Å². The van der Waals surface area contributed by atoms with Gasteiger partial charge in [0.15, 0.2) is 0 Å². The van der Waals surface area contributed by atoms with Crippen molar-refractivity contribution in [2.45, 2.75) is 25.4 Å². The Balaban J connectivity index is 1.34. The van der Waals surface area contributed by atoms with Gasteiger partial charge in [0, 0.05) is 45.8 Å². The van der Waals surface area contributed by atoms with E-state index in [0.717, 1.165) is 31.5 Å². The Kier molecular flexibility index (Phi) is 6.82. The van der Waals surface area contributed by atoms with Crippen molar-refractivity contribution in [2.75, 3.05) is 39.3 Å². The molecular weight excluding hydrogens is 395 g/mol. The molecular formula is C24H29FN4O2. The van der Waals surface area contributed by atoms with Gasteiger partial charge in [0.05, 0.1) is 0 Å². The molecule has 164 valence electrons. The quantitative estimate of drug-likeness (QED) is 0.803. The summed E-state index contributed by atoms with van der Waals surface area (Å²) in [4.78, 5) is 31.8. The van der Waals surface area contributed by atoms with Crippen molar-refractivity contribution in [3.8, 4) is 0 Å². The molecule has 31 heavy (non-hydrogen) atoms. The molecule has 1 N–H and O–H groups in total. The number of fused-ring (bicyclic) bond motifs is 1. The highest BCUT2D eigenvalue weighted by atomic mass is 19.1. The third-order valence-corrected chi connectivity index (χ3v) is 6.07. The fraction of sp³-hybridized carbons (Fsp3) is 0.417. The molecule has 2 aromatic rings. The molecule has 7 heteroatoms. The van der Waals surface area contributed by atoms with E-state index in [4.69, 9.17) is 0 Å². The second-order valence-corrected chi connectivity index (χ2v) is 8.21. The van der Waals surface area contributed by atoms with Crippen LogP contribution in [0.4, 0.5) is 9.18 Å². The number of nitrogens with one attached hydrogen (secondary N) is 1. The summed E-state index contributed by atoms with van der Waals surface area (Å²) in [6, 6.07) is 15.9. The third-order valence-electron chi connectivity index (χ3n) is 6.07. The van der Waals surface area contributed by atoms with Crippen molar-refractivity contribution < 1.29 is 14.0 Å². The average molecular weight is 425 g/mol. The molecule has 0 aliphatic carbocycles. The number of hydrogen-bond acceptors (Lipinski definition) is 3. The largest absolute Gasteiger partial charge is 0.338 e. The normalized spacial score (nSPS) is 19.6. The van der Waals surface area contributed by atoms with E-state index in [1.807, 2.05) is 35.2 Å². The monoisotopic (exact) mass is 424 g/mol. The summed E-state index contributed by atoms with van der Waals surface area (Å²) in [5.41, 5.74) is 2.09. The lowest BCUT2D eigenvalue weighted by molar-refractivity contribution is -0.142. The first-order valence-electron chi connectivity index (χ1n) is 10.9. The second-order valence-electron chi connectivity index (χ2n) is 8.21. The lowest BCUT2D eigenvalue weighted by atomic mass is 10.1. The van der Waals surface area contributed by atoms with Crippen LogP contribution < -0.4 is 5.32 Å². The van der Waals surface area contributed by atoms with Gasteiger partial charge in [-0.3, -0.25) is 9.69 Å². The van der Waals surface area contributed by atoms with Crippen LogP contribution >= 0.6 is 0 Å². The number of benzene rings is 2. The Hall–Kier alpha value is -2.93. The van der Waals surface area contributed by atoms with E-state index in [1.54, 1.807) is 17.0 Å². The number of nitrogens with zero attached hydrogens (tertiary/aromatic N) is 3. The smallest absolute Gasteiger partial charge is 0.317 e. The first-order valence-corrected chi connectivity index (χ1v) is 10.9. The van der Waals surface area contributed by atoms with Gasteiger partial charge in [0.2, 0.25) is 5.91 Å². The average Bonchev–Trinajstić information content (AvgIpc) is 3.01. The zero-order valence-corrected chi connectivity index (χ0v) is 17.7. The van der Waals surface area contributed by atoms with Crippen LogP contribution in [0.3, 0.4) is 0 Å². The number of piperazine rings is 1. The molecule has 1 unspecified atom stereocenters. The van der Waals surface area contributed by atoms with Gasteiger partial charge < -0.3 is 15.1 Å². The highest BCUT2D eigenvalue weighted by molar-refractivity contribution is 5.84. The highest BCUT2D eigenvalue weighted by Gasteiger charge is 2.38. The van der Waals surface area contributed by atoms with E-state index in [2.05, 4.69) is 10.2 Å². The Labute approximate surface area is 182 Å². The molecule has 2 aliphatic rings. The zero-order valence-electron chi connectivity index (χ0n) is 17.7. The van der Waals surface area contributed by atoms with Crippen LogP contribution in [0.2, 0.25) is 0 Å². The van der Waals surface area contributed by atoms with E-state index in [9.17, 15) is 14.0 Å². The van der Waals surface area contributed by atoms with E-state index in [0.29, 0.717) is 32.7 Å². The van der Waals surface area contributed by atoms with Crippen LogP contribution in [0, 0.1) is 5.82 Å². The van der Waals surface area contributed by atoms with Gasteiger partial charge in [-0.25, -0.2) is 9.18 Å². The standard InChI is InChI=1S/C24H29FN4O2/c25-21-9-7-20(8-10-21)17-28-16-15-27-13-4-14-29(18-22(27)23(28)30)24(31)26-12-11-19-5-2-1-3-6-19/h1-3,5-10,22H,4,11-18H2,(H,26,31). The molecule has 0 radical (unpaired) electrons. The predicted molar refractivity (Wildman–Crippen MR) is 117 cm³/mol. The molecule has 0 bridgehead atoms. The summed E-state index contributed by atoms with van der Waals surface area (Å²) < 4.78 is 13.2. The molecule has 0 saturated carbocycles. The molecule has 3 amide bonds. The summed E-state index contributed by atoms with van der Waals surface area (Å²) in [5, 5.41) is 3.00. The van der Waals surface area contributed by atoms with Crippen molar-refractivity contribution >= 4 is 11.9 Å². The van der Waals surface area contributed by atoms with Crippen LogP contribution in [-0.2, 0) is 17.8 Å². The molecule has 2 aliphatic heterocycles. The maximum Gasteiger partial charge on any atom is 0.317 e. The minimum Gasteiger partial charge on any atom is -0.338 e. The molecule has 2 heterocycles.